The maximum atomic E-state index is 11.0. The number of aliphatic carboxylic acids is 4. The van der Waals surface area contributed by atoms with Gasteiger partial charge in [-0.05, 0) is 6.42 Å². The van der Waals surface area contributed by atoms with Gasteiger partial charge in [0.2, 0.25) is 0 Å². The molecule has 3 unspecified atom stereocenters. The highest BCUT2D eigenvalue weighted by Crippen LogP contribution is 2.24. The van der Waals surface area contributed by atoms with Crippen molar-refractivity contribution in [2.75, 3.05) is 85.5 Å². The molecule has 17 heteroatoms. The van der Waals surface area contributed by atoms with Gasteiger partial charge in [-0.25, -0.2) is 0 Å². The van der Waals surface area contributed by atoms with E-state index in [1.807, 2.05) is 0 Å². The largest absolute Gasteiger partial charge is 0.480 e. The molecule has 0 saturated carbocycles. The Morgan fingerprint density at radius 2 is 0.905 bits per heavy atom. The van der Waals surface area contributed by atoms with Gasteiger partial charge in [-0.2, -0.15) is 0 Å². The van der Waals surface area contributed by atoms with Gasteiger partial charge in [-0.3, -0.25) is 33.9 Å². The predicted molar refractivity (Wildman–Crippen MR) is 142 cm³/mol. The Morgan fingerprint density at radius 1 is 0.619 bits per heavy atom. The number of rotatable bonds is 27. The topological polar surface area (TPSA) is 247 Å². The molecule has 0 aliphatic carbocycles. The number of aliphatic hydroxyl groups is 3. The zero-order valence-corrected chi connectivity index (χ0v) is 23.6. The molecule has 0 rings (SSSR count). The van der Waals surface area contributed by atoms with Crippen LogP contribution in [-0.4, -0.2) is 178 Å². The van der Waals surface area contributed by atoms with E-state index in [0.717, 1.165) is 14.7 Å². The third-order valence-electron chi connectivity index (χ3n) is 5.70. The van der Waals surface area contributed by atoms with Crippen molar-refractivity contribution in [3.05, 3.63) is 14.1 Å². The molecule has 0 bridgehead atoms. The third kappa shape index (κ3) is 20.4. The summed E-state index contributed by atoms with van der Waals surface area (Å²) in [5, 5.41) is 66.4. The normalized spacial score (nSPS) is 15.5. The van der Waals surface area contributed by atoms with Crippen molar-refractivity contribution in [1.29, 1.82) is 0 Å². The van der Waals surface area contributed by atoms with Crippen LogP contribution in [0.25, 0.3) is 0 Å². The van der Waals surface area contributed by atoms with Crippen LogP contribution in [0.15, 0.2) is 0 Å². The van der Waals surface area contributed by atoms with Gasteiger partial charge in [0.15, 0.2) is 0 Å². The van der Waals surface area contributed by atoms with Crippen LogP contribution in [0.2, 0.25) is 0 Å². The summed E-state index contributed by atoms with van der Waals surface area (Å²) in [6, 6.07) is 0. The lowest BCUT2D eigenvalue weighted by Crippen LogP contribution is -2.43. The highest BCUT2D eigenvalue weighted by Gasteiger charge is 2.31. The maximum Gasteiger partial charge on any atom is 0.317 e. The average molecular weight is 610 g/mol. The summed E-state index contributed by atoms with van der Waals surface area (Å²) >= 11 is 0. The molecule has 4 radical (unpaired) electrons. The van der Waals surface area contributed by atoms with Gasteiger partial charge in [-0.1, -0.05) is 6.92 Å². The number of hydrogen-bond donors (Lipinski definition) is 7. The number of ether oxygens (including phenoxy) is 3. The highest BCUT2D eigenvalue weighted by atomic mass is 16.5. The molecular formula is C25H43N3O14. The Bertz CT molecular complexity index is 733. The predicted octanol–water partition coefficient (Wildman–Crippen LogP) is -2.90. The molecule has 0 fully saturated rings. The monoisotopic (exact) mass is 609 g/mol. The number of aliphatic hydroxyl groups excluding tert-OH is 3. The molecule has 0 saturated heterocycles. The lowest BCUT2D eigenvalue weighted by atomic mass is 9.88. The van der Waals surface area contributed by atoms with E-state index in [0.29, 0.717) is 6.42 Å². The van der Waals surface area contributed by atoms with Crippen LogP contribution in [0.1, 0.15) is 13.3 Å². The molecule has 0 spiro atoms. The van der Waals surface area contributed by atoms with Crippen molar-refractivity contribution in [3.63, 3.8) is 0 Å². The first-order chi connectivity index (χ1) is 19.6. The number of carboxylic acids is 4. The van der Waals surface area contributed by atoms with Crippen molar-refractivity contribution >= 4 is 23.9 Å². The summed E-state index contributed by atoms with van der Waals surface area (Å²) in [6.07, 6.45) is -3.12. The van der Waals surface area contributed by atoms with Gasteiger partial charge in [0.25, 0.3) is 0 Å². The smallest absolute Gasteiger partial charge is 0.317 e. The van der Waals surface area contributed by atoms with Crippen molar-refractivity contribution in [3.8, 4) is 0 Å². The first-order valence-electron chi connectivity index (χ1n) is 12.9. The van der Waals surface area contributed by atoms with E-state index in [-0.39, 0.29) is 59.3 Å². The number of carbonyl (C=O) groups is 4. The number of hydrogen-bond acceptors (Lipinski definition) is 13. The van der Waals surface area contributed by atoms with Crippen LogP contribution >= 0.6 is 0 Å². The first-order valence-corrected chi connectivity index (χ1v) is 12.9. The fraction of sp³-hybridized carbons (Fsp3) is 0.760. The van der Waals surface area contributed by atoms with Crippen molar-refractivity contribution < 1.29 is 69.1 Å². The van der Waals surface area contributed by atoms with E-state index in [2.05, 4.69) is 0 Å². The quantitative estimate of drug-likeness (QED) is 0.0461. The summed E-state index contributed by atoms with van der Waals surface area (Å²) in [4.78, 5) is 46.8. The standard InChI is InChI=1S/C25H43N3O14/c1-4-25(15-40-12-18(29)5-26(2)3,16-41-13-19(30)6-27(8-21(32)33)9-22(34)35)17-42-14-20(31)7-28(10-23(36)37)11-24(38)39/h2-3,18-20,29-31H,4-17H2,1H3,(H,32,33)(H,34,35)(H,36,37)(H,38,39). The summed E-state index contributed by atoms with van der Waals surface area (Å²) in [6.45, 7) is -2.22. The van der Waals surface area contributed by atoms with Crippen molar-refractivity contribution in [2.45, 2.75) is 31.7 Å². The van der Waals surface area contributed by atoms with Crippen molar-refractivity contribution in [1.82, 2.24) is 14.7 Å². The molecule has 7 N–H and O–H groups in total. The van der Waals surface area contributed by atoms with Gasteiger partial charge in [0.1, 0.15) is 0 Å². The van der Waals surface area contributed by atoms with Crippen LogP contribution in [0.5, 0.6) is 0 Å². The molecule has 0 aromatic rings. The van der Waals surface area contributed by atoms with Crippen LogP contribution in [0.3, 0.4) is 0 Å². The minimum absolute atomic E-state index is 0.0315. The molecule has 42 heavy (non-hydrogen) atoms. The van der Waals surface area contributed by atoms with Gasteiger partial charge in [0, 0.05) is 39.1 Å². The van der Waals surface area contributed by atoms with Crippen LogP contribution < -0.4 is 0 Å². The molecule has 0 heterocycles. The minimum Gasteiger partial charge on any atom is -0.480 e. The van der Waals surface area contributed by atoms with E-state index >= 15 is 0 Å². The fourth-order valence-electron chi connectivity index (χ4n) is 3.80. The van der Waals surface area contributed by atoms with Crippen LogP contribution in [-0.2, 0) is 33.4 Å². The summed E-state index contributed by atoms with van der Waals surface area (Å²) in [5.74, 6) is -5.08. The summed E-state index contributed by atoms with van der Waals surface area (Å²) in [7, 11) is 10.6. The number of nitrogens with zero attached hydrogens (tertiary/aromatic N) is 3. The van der Waals surface area contributed by atoms with Crippen LogP contribution in [0, 0.1) is 19.5 Å². The Balaban J connectivity index is 5.25. The molecule has 0 amide bonds. The Morgan fingerprint density at radius 3 is 1.14 bits per heavy atom. The minimum atomic E-state index is -1.27. The van der Waals surface area contributed by atoms with Gasteiger partial charge in [-0.15, -0.1) is 0 Å². The zero-order valence-electron chi connectivity index (χ0n) is 23.6. The molecular weight excluding hydrogens is 566 g/mol. The Hall–Kier alpha value is -2.48. The zero-order chi connectivity index (χ0) is 32.3. The fourth-order valence-corrected chi connectivity index (χ4v) is 3.80. The van der Waals surface area contributed by atoms with Crippen LogP contribution in [0.4, 0.5) is 0 Å². The maximum absolute atomic E-state index is 11.0. The molecule has 242 valence electrons. The first kappa shape index (κ1) is 39.5. The molecule has 0 aromatic carbocycles. The van der Waals surface area contributed by atoms with Gasteiger partial charge < -0.3 is 50.0 Å². The number of carboxylic acid groups (broad SMARTS) is 4. The molecule has 0 aliphatic rings. The van der Waals surface area contributed by atoms with E-state index in [4.69, 9.17) is 48.7 Å². The SMILES string of the molecule is [CH]N([CH])CC(O)COCC(CC)(COCC(O)CN(CC(=O)O)CC(=O)O)COCC(O)CN(CC(=O)O)CC(=O)O. The molecule has 0 aliphatic heterocycles. The van der Waals surface area contributed by atoms with E-state index in [1.165, 1.54) is 0 Å². The second-order valence-electron chi connectivity index (χ2n) is 9.97. The summed E-state index contributed by atoms with van der Waals surface area (Å²) in [5.41, 5.74) is -0.895. The Labute approximate surface area is 244 Å². The summed E-state index contributed by atoms with van der Waals surface area (Å²) < 4.78 is 16.9. The molecule has 0 aromatic heterocycles. The van der Waals surface area contributed by atoms with E-state index in [9.17, 15) is 34.5 Å². The lowest BCUT2D eigenvalue weighted by molar-refractivity contribution is -0.144. The van der Waals surface area contributed by atoms with Gasteiger partial charge in [0.05, 0.1) is 84.1 Å². The van der Waals surface area contributed by atoms with E-state index < -0.39 is 73.8 Å². The Kier molecular flexibility index (Phi) is 20.0. The molecule has 3 atom stereocenters. The molecule has 17 nitrogen and oxygen atoms in total. The average Bonchev–Trinajstić information content (AvgIpc) is 2.81. The second-order valence-corrected chi connectivity index (χ2v) is 9.97. The lowest BCUT2D eigenvalue weighted by Gasteiger charge is -2.33. The van der Waals surface area contributed by atoms with Crippen molar-refractivity contribution in [2.24, 2.45) is 5.41 Å². The third-order valence-corrected chi connectivity index (χ3v) is 5.70. The van der Waals surface area contributed by atoms with E-state index in [1.54, 1.807) is 6.92 Å². The second kappa shape index (κ2) is 21.2. The highest BCUT2D eigenvalue weighted by molar-refractivity contribution is 5.73. The van der Waals surface area contributed by atoms with Gasteiger partial charge >= 0.3 is 23.9 Å².